The van der Waals surface area contributed by atoms with Crippen LogP contribution in [0.2, 0.25) is 0 Å². The molecule has 7 nitrogen and oxygen atoms in total. The number of fused-ring (bicyclic) bond motifs is 1. The summed E-state index contributed by atoms with van der Waals surface area (Å²) in [5.74, 6) is -45.0. The van der Waals surface area contributed by atoms with Crippen LogP contribution in [0.5, 0.6) is 23.0 Å². The van der Waals surface area contributed by atoms with Crippen molar-refractivity contribution >= 4 is 17.9 Å². The summed E-state index contributed by atoms with van der Waals surface area (Å²) in [7, 11) is 0. The second kappa shape index (κ2) is 9.14. The number of carbonyl (C=O) groups is 3. The summed E-state index contributed by atoms with van der Waals surface area (Å²) < 4.78 is 169. The molecule has 0 unspecified atom stereocenters. The van der Waals surface area contributed by atoms with Gasteiger partial charge in [0.05, 0.1) is 0 Å². The lowest BCUT2D eigenvalue weighted by molar-refractivity contribution is 0.0439. The van der Waals surface area contributed by atoms with Crippen molar-refractivity contribution in [3.8, 4) is 23.0 Å². The average Bonchev–Trinajstić information content (AvgIpc) is 3.17. The molecule has 3 aromatic carbocycles. The Kier molecular flexibility index (Phi) is 6.36. The molecule has 1 N–H and O–H groups in total. The van der Waals surface area contributed by atoms with E-state index < -0.39 is 122 Å². The summed E-state index contributed by atoms with van der Waals surface area (Å²) in [6.07, 6.45) is 0. The van der Waals surface area contributed by atoms with Gasteiger partial charge in [0.2, 0.25) is 63.7 Å². The predicted molar refractivity (Wildman–Crippen MR) is 95.7 cm³/mol. The van der Waals surface area contributed by atoms with Gasteiger partial charge in [0.1, 0.15) is 16.7 Å². The van der Waals surface area contributed by atoms with Gasteiger partial charge in [0, 0.05) is 0 Å². The van der Waals surface area contributed by atoms with E-state index in [0.717, 1.165) is 0 Å². The van der Waals surface area contributed by atoms with Gasteiger partial charge in [-0.05, 0) is 0 Å². The Hall–Kier alpha value is -4.90. The Morgan fingerprint density at radius 1 is 0.487 bits per heavy atom. The molecule has 0 radical (unpaired) electrons. The van der Waals surface area contributed by atoms with Crippen molar-refractivity contribution in [2.45, 2.75) is 0 Å². The molecule has 0 bridgehead atoms. The molecule has 3 aromatic rings. The lowest BCUT2D eigenvalue weighted by Crippen LogP contribution is -2.12. The first-order valence-electron chi connectivity index (χ1n) is 9.39. The largest absolute Gasteiger partial charge is 0.477 e. The Balaban J connectivity index is 1.85. The Labute approximate surface area is 204 Å². The maximum atomic E-state index is 14.6. The summed E-state index contributed by atoms with van der Waals surface area (Å²) in [5.41, 5.74) is -5.41. The molecule has 39 heavy (non-hydrogen) atoms. The van der Waals surface area contributed by atoms with E-state index in [1.54, 1.807) is 0 Å². The molecule has 18 heteroatoms. The standard InChI is InChI=1S/C21HF11O7/c22-4-1-2(21(36)39-20(1)35)7(25)15(8(4)26)37-17-11(29)13(31)18(14(32)12(17)30)38-16-9(27)5(23)3(19(33)34)6(24)10(16)28/h(H,33,34). The molecule has 0 amide bonds. The third-order valence-electron chi connectivity index (χ3n) is 4.90. The molecule has 0 spiro atoms. The van der Waals surface area contributed by atoms with Crippen molar-refractivity contribution in [2.24, 2.45) is 0 Å². The van der Waals surface area contributed by atoms with Gasteiger partial charge >= 0.3 is 17.9 Å². The number of hydrogen-bond acceptors (Lipinski definition) is 6. The molecule has 0 atom stereocenters. The van der Waals surface area contributed by atoms with E-state index >= 15 is 0 Å². The molecule has 0 aromatic heterocycles. The highest BCUT2D eigenvalue weighted by molar-refractivity contribution is 6.15. The minimum absolute atomic E-state index is 1.58. The summed E-state index contributed by atoms with van der Waals surface area (Å²) in [6, 6.07) is 0. The van der Waals surface area contributed by atoms with Gasteiger partial charge in [-0.1, -0.05) is 0 Å². The third-order valence-corrected chi connectivity index (χ3v) is 4.90. The summed E-state index contributed by atoms with van der Waals surface area (Å²) in [4.78, 5) is 33.7. The number of rotatable bonds is 5. The first-order valence-corrected chi connectivity index (χ1v) is 9.39. The molecule has 0 saturated carbocycles. The summed E-state index contributed by atoms with van der Waals surface area (Å²) in [5, 5.41) is 8.62. The number of carbonyl (C=O) groups excluding carboxylic acids is 2. The molecule has 1 heterocycles. The van der Waals surface area contributed by atoms with E-state index in [9.17, 15) is 62.7 Å². The Morgan fingerprint density at radius 3 is 1.13 bits per heavy atom. The first-order chi connectivity index (χ1) is 18.1. The van der Waals surface area contributed by atoms with Crippen LogP contribution in [0.25, 0.3) is 0 Å². The fraction of sp³-hybridized carbons (Fsp3) is 0. The molecule has 0 fully saturated rings. The van der Waals surface area contributed by atoms with Crippen molar-refractivity contribution < 1.29 is 82.0 Å². The number of carboxylic acid groups (broad SMARTS) is 1. The van der Waals surface area contributed by atoms with Crippen LogP contribution in [0.3, 0.4) is 0 Å². The van der Waals surface area contributed by atoms with Crippen molar-refractivity contribution in [1.82, 2.24) is 0 Å². The highest BCUT2D eigenvalue weighted by atomic mass is 19.2. The molecule has 0 saturated heterocycles. The fourth-order valence-electron chi connectivity index (χ4n) is 3.16. The van der Waals surface area contributed by atoms with E-state index in [2.05, 4.69) is 14.2 Å². The van der Waals surface area contributed by atoms with E-state index in [4.69, 9.17) is 5.11 Å². The number of esters is 2. The van der Waals surface area contributed by atoms with Crippen molar-refractivity contribution in [1.29, 1.82) is 0 Å². The number of benzene rings is 3. The minimum atomic E-state index is -2.82. The Morgan fingerprint density at radius 2 is 0.769 bits per heavy atom. The zero-order chi connectivity index (χ0) is 29.2. The van der Waals surface area contributed by atoms with E-state index in [1.165, 1.54) is 0 Å². The average molecular weight is 574 g/mol. The second-order valence-corrected chi connectivity index (χ2v) is 7.08. The van der Waals surface area contributed by atoms with Crippen LogP contribution in [0.15, 0.2) is 0 Å². The van der Waals surface area contributed by atoms with Gasteiger partial charge in [-0.2, -0.15) is 30.7 Å². The summed E-state index contributed by atoms with van der Waals surface area (Å²) in [6.45, 7) is 0. The predicted octanol–water partition coefficient (Wildman–Crippen LogP) is 5.81. The third kappa shape index (κ3) is 3.86. The van der Waals surface area contributed by atoms with Gasteiger partial charge < -0.3 is 19.3 Å². The molecule has 4 rings (SSSR count). The normalized spacial score (nSPS) is 12.5. The number of cyclic esters (lactones) is 2. The second-order valence-electron chi connectivity index (χ2n) is 7.08. The van der Waals surface area contributed by atoms with Crippen LogP contribution in [-0.4, -0.2) is 23.0 Å². The molecule has 0 aliphatic carbocycles. The first kappa shape index (κ1) is 27.1. The number of ether oxygens (including phenoxy) is 3. The molecular formula is C21HF11O7. The maximum absolute atomic E-state index is 14.6. The van der Waals surface area contributed by atoms with Crippen molar-refractivity contribution in [3.05, 3.63) is 80.7 Å². The summed E-state index contributed by atoms with van der Waals surface area (Å²) >= 11 is 0. The SMILES string of the molecule is O=C(O)c1c(F)c(F)c(Oc2c(F)c(F)c(Oc3c(F)c(F)c4c(c3F)C(=O)OC4=O)c(F)c2F)c(F)c1F. The highest BCUT2D eigenvalue weighted by Gasteiger charge is 2.42. The minimum Gasteiger partial charge on any atom is -0.477 e. The smallest absolute Gasteiger partial charge is 0.350 e. The number of hydrogen-bond donors (Lipinski definition) is 1. The van der Waals surface area contributed by atoms with Gasteiger partial charge in [0.25, 0.3) is 0 Å². The van der Waals surface area contributed by atoms with E-state index in [0.29, 0.717) is 0 Å². The van der Waals surface area contributed by atoms with Gasteiger partial charge in [0.15, 0.2) is 23.3 Å². The highest BCUT2D eigenvalue weighted by Crippen LogP contribution is 2.43. The van der Waals surface area contributed by atoms with Gasteiger partial charge in [-0.15, -0.1) is 0 Å². The molecular weight excluding hydrogens is 573 g/mol. The van der Waals surface area contributed by atoms with Crippen molar-refractivity contribution in [3.63, 3.8) is 0 Å². The zero-order valence-electron chi connectivity index (χ0n) is 17.6. The quantitative estimate of drug-likeness (QED) is 0.178. The van der Waals surface area contributed by atoms with Crippen LogP contribution in [0, 0.1) is 64.0 Å². The number of aromatic carboxylic acids is 1. The van der Waals surface area contributed by atoms with Crippen LogP contribution in [-0.2, 0) is 4.74 Å². The monoisotopic (exact) mass is 574 g/mol. The molecule has 1 aliphatic rings. The zero-order valence-corrected chi connectivity index (χ0v) is 17.6. The lowest BCUT2D eigenvalue weighted by atomic mass is 10.1. The maximum Gasteiger partial charge on any atom is 0.350 e. The fourth-order valence-corrected chi connectivity index (χ4v) is 3.16. The topological polar surface area (TPSA) is 99.1 Å². The lowest BCUT2D eigenvalue weighted by Gasteiger charge is -2.16. The van der Waals surface area contributed by atoms with Crippen LogP contribution < -0.4 is 9.47 Å². The number of carboxylic acids is 1. The molecule has 204 valence electrons. The van der Waals surface area contributed by atoms with Crippen LogP contribution in [0.1, 0.15) is 31.1 Å². The molecule has 1 aliphatic heterocycles. The van der Waals surface area contributed by atoms with Crippen molar-refractivity contribution in [2.75, 3.05) is 0 Å². The van der Waals surface area contributed by atoms with Gasteiger partial charge in [-0.3, -0.25) is 0 Å². The van der Waals surface area contributed by atoms with Crippen LogP contribution in [0.4, 0.5) is 48.3 Å². The number of halogens is 11. The van der Waals surface area contributed by atoms with Crippen LogP contribution >= 0.6 is 0 Å². The van der Waals surface area contributed by atoms with E-state index in [-0.39, 0.29) is 0 Å². The Bertz CT molecular complexity index is 1610. The van der Waals surface area contributed by atoms with E-state index in [1.807, 2.05) is 0 Å². The van der Waals surface area contributed by atoms with Gasteiger partial charge in [-0.25, -0.2) is 31.9 Å².